The van der Waals surface area contributed by atoms with Crippen LogP contribution in [0, 0.1) is 0 Å². The second-order valence-electron chi connectivity index (χ2n) is 4.25. The van der Waals surface area contributed by atoms with Gasteiger partial charge in [0, 0.05) is 24.4 Å². The molecule has 0 aromatic carbocycles. The van der Waals surface area contributed by atoms with Gasteiger partial charge in [0.2, 0.25) is 0 Å². The molecule has 0 aliphatic carbocycles. The Balaban J connectivity index is 2.00. The number of carbonyl (C=O) groups is 2. The summed E-state index contributed by atoms with van der Waals surface area (Å²) in [6, 6.07) is 5.32. The van der Waals surface area contributed by atoms with E-state index >= 15 is 0 Å². The topological polar surface area (TPSA) is 79.3 Å². The number of carbonyl (C=O) groups excluding carboxylic acids is 1. The van der Waals surface area contributed by atoms with Gasteiger partial charge in [-0.3, -0.25) is 9.78 Å². The number of nitrogens with one attached hydrogen (secondary N) is 1. The number of thiophene rings is 1. The van der Waals surface area contributed by atoms with Gasteiger partial charge in [-0.25, -0.2) is 4.79 Å². The third-order valence-electron chi connectivity index (χ3n) is 2.74. The van der Waals surface area contributed by atoms with Crippen molar-refractivity contribution in [1.29, 1.82) is 0 Å². The Bertz CT molecular complexity index is 651. The predicted octanol–water partition coefficient (Wildman–Crippen LogP) is 2.21. The third kappa shape index (κ3) is 4.54. The monoisotopic (exact) mass is 302 g/mol. The molecule has 0 aliphatic heterocycles. The molecule has 0 fully saturated rings. The first-order valence-electron chi connectivity index (χ1n) is 6.32. The number of aromatic nitrogens is 1. The lowest BCUT2D eigenvalue weighted by molar-refractivity contribution is -0.131. The first-order chi connectivity index (χ1) is 10.2. The molecule has 1 amide bonds. The maximum atomic E-state index is 12.1. The van der Waals surface area contributed by atoms with E-state index in [1.165, 1.54) is 17.8 Å². The zero-order valence-corrected chi connectivity index (χ0v) is 12.0. The molecule has 0 saturated heterocycles. The minimum Gasteiger partial charge on any atom is -0.478 e. The van der Waals surface area contributed by atoms with Gasteiger partial charge in [-0.15, -0.1) is 0 Å². The van der Waals surface area contributed by atoms with E-state index in [4.69, 9.17) is 5.11 Å². The zero-order valence-electron chi connectivity index (χ0n) is 11.2. The van der Waals surface area contributed by atoms with Gasteiger partial charge in [-0.05, 0) is 41.0 Å². The fourth-order valence-corrected chi connectivity index (χ4v) is 2.45. The number of hydrogen-bond donors (Lipinski definition) is 2. The van der Waals surface area contributed by atoms with Crippen molar-refractivity contribution in [2.75, 3.05) is 6.54 Å². The van der Waals surface area contributed by atoms with Gasteiger partial charge in [0.05, 0.1) is 0 Å². The SMILES string of the molecule is O=C(O)/C=C/c1cccnc1C(=O)NCCc1ccsc1. The van der Waals surface area contributed by atoms with E-state index in [2.05, 4.69) is 10.3 Å². The summed E-state index contributed by atoms with van der Waals surface area (Å²) in [5.74, 6) is -1.38. The third-order valence-corrected chi connectivity index (χ3v) is 3.47. The van der Waals surface area contributed by atoms with Gasteiger partial charge in [0.15, 0.2) is 0 Å². The van der Waals surface area contributed by atoms with Crippen molar-refractivity contribution in [1.82, 2.24) is 10.3 Å². The molecule has 2 rings (SSSR count). The second kappa shape index (κ2) is 7.35. The summed E-state index contributed by atoms with van der Waals surface area (Å²) in [4.78, 5) is 26.7. The molecule has 2 aromatic rings. The van der Waals surface area contributed by atoms with Crippen molar-refractivity contribution in [2.24, 2.45) is 0 Å². The molecule has 0 bridgehead atoms. The van der Waals surface area contributed by atoms with Gasteiger partial charge < -0.3 is 10.4 Å². The summed E-state index contributed by atoms with van der Waals surface area (Å²) in [6.07, 6.45) is 4.61. The van der Waals surface area contributed by atoms with Crippen LogP contribution in [-0.4, -0.2) is 28.5 Å². The van der Waals surface area contributed by atoms with E-state index in [1.807, 2.05) is 16.8 Å². The zero-order chi connectivity index (χ0) is 15.1. The van der Waals surface area contributed by atoms with Crippen LogP contribution in [0.25, 0.3) is 6.08 Å². The molecule has 2 N–H and O–H groups in total. The fraction of sp³-hybridized carbons (Fsp3) is 0.133. The number of nitrogens with zero attached hydrogens (tertiary/aromatic N) is 1. The van der Waals surface area contributed by atoms with Crippen molar-refractivity contribution in [3.05, 3.63) is 58.1 Å². The highest BCUT2D eigenvalue weighted by Crippen LogP contribution is 2.09. The van der Waals surface area contributed by atoms with Crippen molar-refractivity contribution in [3.8, 4) is 0 Å². The molecular formula is C15H14N2O3S. The fourth-order valence-electron chi connectivity index (χ4n) is 1.74. The van der Waals surface area contributed by atoms with Crippen molar-refractivity contribution < 1.29 is 14.7 Å². The number of carboxylic acid groups (broad SMARTS) is 1. The molecule has 108 valence electrons. The molecule has 2 heterocycles. The molecular weight excluding hydrogens is 288 g/mol. The molecule has 0 aliphatic rings. The van der Waals surface area contributed by atoms with E-state index in [1.54, 1.807) is 23.5 Å². The number of hydrogen-bond acceptors (Lipinski definition) is 4. The Hall–Kier alpha value is -2.47. The molecule has 6 heteroatoms. The second-order valence-corrected chi connectivity index (χ2v) is 5.03. The summed E-state index contributed by atoms with van der Waals surface area (Å²) in [7, 11) is 0. The number of aliphatic carboxylic acids is 1. The number of rotatable bonds is 6. The first-order valence-corrected chi connectivity index (χ1v) is 7.26. The summed E-state index contributed by atoms with van der Waals surface area (Å²) in [6.45, 7) is 0.508. The molecule has 0 atom stereocenters. The predicted molar refractivity (Wildman–Crippen MR) is 81.3 cm³/mol. The lowest BCUT2D eigenvalue weighted by Crippen LogP contribution is -2.27. The van der Waals surface area contributed by atoms with Crippen LogP contribution in [0.15, 0.2) is 41.2 Å². The van der Waals surface area contributed by atoms with E-state index < -0.39 is 5.97 Å². The van der Waals surface area contributed by atoms with Gasteiger partial charge in [-0.1, -0.05) is 6.07 Å². The molecule has 0 saturated carbocycles. The van der Waals surface area contributed by atoms with Crippen molar-refractivity contribution in [3.63, 3.8) is 0 Å². The van der Waals surface area contributed by atoms with Crippen LogP contribution < -0.4 is 5.32 Å². The summed E-state index contributed by atoms with van der Waals surface area (Å²) >= 11 is 1.62. The summed E-state index contributed by atoms with van der Waals surface area (Å²) < 4.78 is 0. The Morgan fingerprint density at radius 1 is 1.38 bits per heavy atom. The average Bonchev–Trinajstić information content (AvgIpc) is 2.98. The van der Waals surface area contributed by atoms with Crippen LogP contribution in [0.1, 0.15) is 21.6 Å². The molecule has 0 spiro atoms. The number of carboxylic acids is 1. The quantitative estimate of drug-likeness (QED) is 0.802. The van der Waals surface area contributed by atoms with Crippen LogP contribution >= 0.6 is 11.3 Å². The minimum atomic E-state index is -1.07. The van der Waals surface area contributed by atoms with Gasteiger partial charge in [0.1, 0.15) is 5.69 Å². The molecule has 0 unspecified atom stereocenters. The highest BCUT2D eigenvalue weighted by molar-refractivity contribution is 7.07. The van der Waals surface area contributed by atoms with Crippen LogP contribution in [-0.2, 0) is 11.2 Å². The maximum Gasteiger partial charge on any atom is 0.328 e. The highest BCUT2D eigenvalue weighted by Gasteiger charge is 2.10. The summed E-state index contributed by atoms with van der Waals surface area (Å²) in [5, 5.41) is 15.5. The van der Waals surface area contributed by atoms with Crippen LogP contribution in [0.2, 0.25) is 0 Å². The minimum absolute atomic E-state index is 0.223. The van der Waals surface area contributed by atoms with Crippen LogP contribution in [0.3, 0.4) is 0 Å². The molecule has 5 nitrogen and oxygen atoms in total. The lowest BCUT2D eigenvalue weighted by atomic mass is 10.1. The summed E-state index contributed by atoms with van der Waals surface area (Å²) in [5.41, 5.74) is 1.88. The van der Waals surface area contributed by atoms with E-state index in [0.717, 1.165) is 12.5 Å². The molecule has 0 radical (unpaired) electrons. The average molecular weight is 302 g/mol. The van der Waals surface area contributed by atoms with E-state index in [9.17, 15) is 9.59 Å². The maximum absolute atomic E-state index is 12.1. The Kier molecular flexibility index (Phi) is 5.22. The largest absolute Gasteiger partial charge is 0.478 e. The van der Waals surface area contributed by atoms with E-state index in [-0.39, 0.29) is 11.6 Å². The smallest absolute Gasteiger partial charge is 0.328 e. The highest BCUT2D eigenvalue weighted by atomic mass is 32.1. The van der Waals surface area contributed by atoms with Crippen molar-refractivity contribution in [2.45, 2.75) is 6.42 Å². The lowest BCUT2D eigenvalue weighted by Gasteiger charge is -2.06. The standard InChI is InChI=1S/C15H14N2O3S/c18-13(19)4-3-12-2-1-7-16-14(12)15(20)17-8-5-11-6-9-21-10-11/h1-4,6-7,9-10H,5,8H2,(H,17,20)(H,18,19)/b4-3+. The number of pyridine rings is 1. The van der Waals surface area contributed by atoms with E-state index in [0.29, 0.717) is 12.1 Å². The number of amides is 1. The van der Waals surface area contributed by atoms with Crippen LogP contribution in [0.5, 0.6) is 0 Å². The Morgan fingerprint density at radius 2 is 2.24 bits per heavy atom. The van der Waals surface area contributed by atoms with Crippen LogP contribution in [0.4, 0.5) is 0 Å². The molecule has 2 aromatic heterocycles. The van der Waals surface area contributed by atoms with Gasteiger partial charge >= 0.3 is 5.97 Å². The molecule has 21 heavy (non-hydrogen) atoms. The van der Waals surface area contributed by atoms with Crippen molar-refractivity contribution >= 4 is 29.3 Å². The Morgan fingerprint density at radius 3 is 2.95 bits per heavy atom. The Labute approximate surface area is 126 Å². The van der Waals surface area contributed by atoms with Gasteiger partial charge in [-0.2, -0.15) is 11.3 Å². The normalized spacial score (nSPS) is 10.7. The first kappa shape index (κ1) is 14.9. The van der Waals surface area contributed by atoms with Gasteiger partial charge in [0.25, 0.3) is 5.91 Å².